The van der Waals surface area contributed by atoms with Crippen LogP contribution in [0.2, 0.25) is 0 Å². The number of ether oxygens (including phenoxy) is 1. The van der Waals surface area contributed by atoms with Crippen LogP contribution in [0.3, 0.4) is 0 Å². The van der Waals surface area contributed by atoms with Gasteiger partial charge in [0.2, 0.25) is 17.5 Å². The van der Waals surface area contributed by atoms with Gasteiger partial charge in [0.1, 0.15) is 0 Å². The van der Waals surface area contributed by atoms with Gasteiger partial charge in [-0.05, 0) is 30.5 Å². The monoisotopic (exact) mass is 498 g/mol. The summed E-state index contributed by atoms with van der Waals surface area (Å²) in [5.41, 5.74) is -0.993. The second kappa shape index (κ2) is 9.87. The summed E-state index contributed by atoms with van der Waals surface area (Å²) >= 11 is 1.52. The topological polar surface area (TPSA) is 116 Å². The second-order valence-electron chi connectivity index (χ2n) is 8.27. The zero-order valence-electron chi connectivity index (χ0n) is 19.5. The van der Waals surface area contributed by atoms with Crippen LogP contribution in [0.1, 0.15) is 35.0 Å². The first-order valence-corrected chi connectivity index (χ1v) is 12.1. The predicted octanol–water partition coefficient (Wildman–Crippen LogP) is 1.36. The van der Waals surface area contributed by atoms with E-state index in [0.717, 1.165) is 4.88 Å². The molecular formula is C24H26N4O6S. The highest BCUT2D eigenvalue weighted by Crippen LogP contribution is 2.44. The van der Waals surface area contributed by atoms with Crippen molar-refractivity contribution in [1.82, 2.24) is 15.1 Å². The number of hydrogen-bond donors (Lipinski definition) is 1. The number of amides is 4. The van der Waals surface area contributed by atoms with Crippen molar-refractivity contribution in [2.75, 3.05) is 31.6 Å². The van der Waals surface area contributed by atoms with Crippen LogP contribution in [0.15, 0.2) is 41.8 Å². The van der Waals surface area contributed by atoms with Crippen LogP contribution >= 0.6 is 11.3 Å². The summed E-state index contributed by atoms with van der Waals surface area (Å²) < 4.78 is 5.37. The van der Waals surface area contributed by atoms with Gasteiger partial charge >= 0.3 is 5.97 Å². The van der Waals surface area contributed by atoms with Crippen molar-refractivity contribution in [2.45, 2.75) is 32.0 Å². The quantitative estimate of drug-likeness (QED) is 0.550. The summed E-state index contributed by atoms with van der Waals surface area (Å²) in [5.74, 6) is -2.46. The zero-order chi connectivity index (χ0) is 25.2. The molecule has 0 aliphatic carbocycles. The van der Waals surface area contributed by atoms with Crippen molar-refractivity contribution < 1.29 is 28.7 Å². The smallest absolute Gasteiger partial charge is 0.354 e. The summed E-state index contributed by atoms with van der Waals surface area (Å²) in [4.78, 5) is 68.9. The van der Waals surface area contributed by atoms with E-state index < -0.39 is 30.1 Å². The maximum atomic E-state index is 13.3. The van der Waals surface area contributed by atoms with E-state index in [0.29, 0.717) is 17.8 Å². The molecule has 11 heteroatoms. The van der Waals surface area contributed by atoms with E-state index in [4.69, 9.17) is 4.74 Å². The van der Waals surface area contributed by atoms with Crippen LogP contribution in [0.25, 0.3) is 0 Å². The highest BCUT2D eigenvalue weighted by atomic mass is 32.1. The van der Waals surface area contributed by atoms with Gasteiger partial charge in [-0.2, -0.15) is 0 Å². The Labute approximate surface area is 206 Å². The number of anilines is 1. The highest BCUT2D eigenvalue weighted by molar-refractivity contribution is 7.09. The lowest BCUT2D eigenvalue weighted by molar-refractivity contribution is -0.161. The molecule has 1 aromatic heterocycles. The highest BCUT2D eigenvalue weighted by Gasteiger charge is 2.60. The van der Waals surface area contributed by atoms with Gasteiger partial charge in [0, 0.05) is 31.3 Å². The Morgan fingerprint density at radius 2 is 1.94 bits per heavy atom. The van der Waals surface area contributed by atoms with E-state index in [1.54, 1.807) is 31.2 Å². The minimum atomic E-state index is -1.65. The Morgan fingerprint density at radius 1 is 1.17 bits per heavy atom. The molecule has 1 atom stereocenters. The fourth-order valence-electron chi connectivity index (χ4n) is 4.43. The molecule has 2 aliphatic rings. The van der Waals surface area contributed by atoms with Gasteiger partial charge in [-0.15, -0.1) is 11.3 Å². The number of hydrogen-bond acceptors (Lipinski definition) is 7. The summed E-state index contributed by atoms with van der Waals surface area (Å²) in [6, 6.07) is 10.4. The molecule has 2 aromatic rings. The standard InChI is InChI=1S/C24H26N4O6S/c1-3-27(14-19(29)25-13-16-7-6-12-35-16)21(31)15-34-23(33)24-11-10-20(30)28(24)18-9-5-4-8-17(18)22(32)26(24)2/h4-9,12H,3,10-11,13-15H2,1-2H3,(H,25,29). The van der Waals surface area contributed by atoms with Crippen LogP contribution < -0.4 is 10.2 Å². The summed E-state index contributed by atoms with van der Waals surface area (Å²) in [6.07, 6.45) is 0.110. The van der Waals surface area contributed by atoms with Crippen molar-refractivity contribution in [3.63, 3.8) is 0 Å². The van der Waals surface area contributed by atoms with Crippen molar-refractivity contribution in [3.8, 4) is 0 Å². The van der Waals surface area contributed by atoms with Crippen LogP contribution in [-0.2, 0) is 30.5 Å². The molecule has 1 saturated heterocycles. The molecule has 1 fully saturated rings. The number of rotatable bonds is 8. The third-order valence-electron chi connectivity index (χ3n) is 6.30. The van der Waals surface area contributed by atoms with E-state index in [9.17, 15) is 24.0 Å². The van der Waals surface area contributed by atoms with Crippen molar-refractivity contribution in [3.05, 3.63) is 52.2 Å². The average molecular weight is 499 g/mol. The number of esters is 1. The Morgan fingerprint density at radius 3 is 2.66 bits per heavy atom. The Bertz CT molecular complexity index is 1170. The molecule has 1 N–H and O–H groups in total. The molecular weight excluding hydrogens is 472 g/mol. The summed E-state index contributed by atoms with van der Waals surface area (Å²) in [5, 5.41) is 4.67. The molecule has 0 spiro atoms. The second-order valence-corrected chi connectivity index (χ2v) is 9.30. The molecule has 0 radical (unpaired) electrons. The first-order valence-electron chi connectivity index (χ1n) is 11.2. The molecule has 4 rings (SSSR count). The number of benzene rings is 1. The van der Waals surface area contributed by atoms with Gasteiger partial charge in [0.25, 0.3) is 11.8 Å². The summed E-state index contributed by atoms with van der Waals surface area (Å²) in [6.45, 7) is 1.53. The average Bonchev–Trinajstić information content (AvgIpc) is 3.51. The lowest BCUT2D eigenvalue weighted by Gasteiger charge is -2.46. The van der Waals surface area contributed by atoms with Crippen molar-refractivity contribution in [1.29, 1.82) is 0 Å². The fraction of sp³-hybridized carbons (Fsp3) is 0.375. The van der Waals surface area contributed by atoms with E-state index in [2.05, 4.69) is 5.32 Å². The minimum Gasteiger partial charge on any atom is -0.452 e. The third kappa shape index (κ3) is 4.39. The zero-order valence-corrected chi connectivity index (χ0v) is 20.3. The third-order valence-corrected chi connectivity index (χ3v) is 7.18. The number of likely N-dealkylation sites (N-methyl/N-ethyl adjacent to an activating group) is 2. The van der Waals surface area contributed by atoms with E-state index in [-0.39, 0.29) is 37.7 Å². The summed E-state index contributed by atoms with van der Waals surface area (Å²) in [7, 11) is 1.45. The minimum absolute atomic E-state index is 0.0536. The number of nitrogens with one attached hydrogen (secondary N) is 1. The number of carbonyl (C=O) groups is 5. The molecule has 0 saturated carbocycles. The molecule has 1 unspecified atom stereocenters. The molecule has 4 amide bonds. The number of thiophene rings is 1. The van der Waals surface area contributed by atoms with Crippen LogP contribution in [0, 0.1) is 0 Å². The molecule has 2 aliphatic heterocycles. The first kappa shape index (κ1) is 24.4. The maximum absolute atomic E-state index is 13.3. The van der Waals surface area contributed by atoms with Crippen LogP contribution in [0.4, 0.5) is 5.69 Å². The molecule has 0 bridgehead atoms. The SMILES string of the molecule is CCN(CC(=O)NCc1cccs1)C(=O)COC(=O)C12CCC(=O)N1c1ccccc1C(=O)N2C. The Kier molecular flexibility index (Phi) is 6.88. The molecule has 1 aromatic carbocycles. The van der Waals surface area contributed by atoms with Crippen LogP contribution in [-0.4, -0.2) is 71.8 Å². The van der Waals surface area contributed by atoms with Crippen molar-refractivity contribution >= 4 is 46.6 Å². The number of fused-ring (bicyclic) bond motifs is 3. The van der Waals surface area contributed by atoms with Gasteiger partial charge in [-0.25, -0.2) is 4.79 Å². The lowest BCUT2D eigenvalue weighted by atomic mass is 9.97. The van der Waals surface area contributed by atoms with E-state index in [1.807, 2.05) is 17.5 Å². The van der Waals surface area contributed by atoms with Crippen LogP contribution in [0.5, 0.6) is 0 Å². The normalized spacial score (nSPS) is 18.7. The first-order chi connectivity index (χ1) is 16.8. The molecule has 3 heterocycles. The van der Waals surface area contributed by atoms with Crippen molar-refractivity contribution in [2.24, 2.45) is 0 Å². The Hall–Kier alpha value is -3.73. The molecule has 10 nitrogen and oxygen atoms in total. The lowest BCUT2D eigenvalue weighted by Crippen LogP contribution is -2.67. The van der Waals surface area contributed by atoms with E-state index >= 15 is 0 Å². The molecule has 35 heavy (non-hydrogen) atoms. The largest absolute Gasteiger partial charge is 0.452 e. The number of nitrogens with zero attached hydrogens (tertiary/aromatic N) is 3. The Balaban J connectivity index is 1.43. The van der Waals surface area contributed by atoms with Gasteiger partial charge in [-0.3, -0.25) is 24.1 Å². The van der Waals surface area contributed by atoms with Gasteiger partial charge < -0.3 is 19.9 Å². The fourth-order valence-corrected chi connectivity index (χ4v) is 5.07. The number of carbonyl (C=O) groups excluding carboxylic acids is 5. The van der Waals surface area contributed by atoms with Gasteiger partial charge in [-0.1, -0.05) is 18.2 Å². The number of para-hydroxylation sites is 1. The maximum Gasteiger partial charge on any atom is 0.354 e. The van der Waals surface area contributed by atoms with Gasteiger partial charge in [0.15, 0.2) is 6.61 Å². The molecule has 184 valence electrons. The van der Waals surface area contributed by atoms with Gasteiger partial charge in [0.05, 0.1) is 24.3 Å². The van der Waals surface area contributed by atoms with E-state index in [1.165, 1.54) is 33.1 Å². The predicted molar refractivity (Wildman–Crippen MR) is 127 cm³/mol.